The first-order chi connectivity index (χ1) is 9.72. The number of aromatic nitrogens is 1. The lowest BCUT2D eigenvalue weighted by Gasteiger charge is -2.26. The van der Waals surface area contributed by atoms with Gasteiger partial charge < -0.3 is 10.6 Å². The van der Waals surface area contributed by atoms with Crippen LogP contribution in [-0.4, -0.2) is 22.3 Å². The summed E-state index contributed by atoms with van der Waals surface area (Å²) >= 11 is 1.50. The Balaban J connectivity index is 1.59. The summed E-state index contributed by atoms with van der Waals surface area (Å²) in [5, 5.41) is 0.605. The highest BCUT2D eigenvalue weighted by Crippen LogP contribution is 2.26. The number of thiazole rings is 1. The molecule has 0 atom stereocenters. The molecule has 0 fully saturated rings. The molecule has 0 saturated carbocycles. The van der Waals surface area contributed by atoms with Crippen LogP contribution in [0.4, 0.5) is 5.13 Å². The van der Waals surface area contributed by atoms with Crippen molar-refractivity contribution in [2.45, 2.75) is 25.8 Å². The fourth-order valence-electron chi connectivity index (χ4n) is 2.48. The first-order valence-electron chi connectivity index (χ1n) is 6.78. The van der Waals surface area contributed by atoms with Gasteiger partial charge in [-0.2, -0.15) is 0 Å². The zero-order valence-corrected chi connectivity index (χ0v) is 12.0. The number of hydrogen-bond acceptors (Lipinski definition) is 4. The molecule has 0 spiro atoms. The zero-order chi connectivity index (χ0) is 13.9. The van der Waals surface area contributed by atoms with E-state index >= 15 is 0 Å². The van der Waals surface area contributed by atoms with Crippen LogP contribution in [0.2, 0.25) is 0 Å². The van der Waals surface area contributed by atoms with E-state index in [4.69, 9.17) is 5.73 Å². The average molecular weight is 287 g/mol. The molecule has 104 valence electrons. The minimum Gasteiger partial charge on any atom is -0.375 e. The molecule has 1 aliphatic rings. The van der Waals surface area contributed by atoms with Crippen LogP contribution in [0.15, 0.2) is 30.3 Å². The monoisotopic (exact) mass is 287 g/mol. The molecule has 1 aliphatic heterocycles. The first kappa shape index (κ1) is 13.1. The number of rotatable bonds is 3. The van der Waals surface area contributed by atoms with Gasteiger partial charge in [0.05, 0.1) is 12.2 Å². The van der Waals surface area contributed by atoms with Crippen molar-refractivity contribution < 1.29 is 4.79 Å². The minimum atomic E-state index is 0.214. The third-order valence-corrected chi connectivity index (χ3v) is 4.48. The van der Waals surface area contributed by atoms with Crippen LogP contribution in [-0.2, 0) is 24.2 Å². The summed E-state index contributed by atoms with van der Waals surface area (Å²) in [5.41, 5.74) is 8.00. The SMILES string of the molecule is Nc1nc2c(s1)CN(C(=O)CCc1ccccc1)CC2. The maximum atomic E-state index is 12.3. The lowest BCUT2D eigenvalue weighted by atomic mass is 10.1. The molecule has 0 unspecified atom stereocenters. The molecule has 5 heteroatoms. The van der Waals surface area contributed by atoms with E-state index in [2.05, 4.69) is 17.1 Å². The molecule has 2 N–H and O–H groups in total. The highest BCUT2D eigenvalue weighted by atomic mass is 32.1. The highest BCUT2D eigenvalue weighted by Gasteiger charge is 2.23. The summed E-state index contributed by atoms with van der Waals surface area (Å²) in [6.07, 6.45) is 2.18. The zero-order valence-electron chi connectivity index (χ0n) is 11.2. The summed E-state index contributed by atoms with van der Waals surface area (Å²) in [7, 11) is 0. The second kappa shape index (κ2) is 5.63. The molecule has 1 amide bonds. The molecule has 2 aromatic rings. The molecule has 0 aliphatic carbocycles. The van der Waals surface area contributed by atoms with Crippen LogP contribution >= 0.6 is 11.3 Å². The Bertz CT molecular complexity index is 609. The lowest BCUT2D eigenvalue weighted by Crippen LogP contribution is -2.35. The number of carbonyl (C=O) groups excluding carboxylic acids is 1. The van der Waals surface area contributed by atoms with Gasteiger partial charge in [-0.1, -0.05) is 30.3 Å². The topological polar surface area (TPSA) is 59.2 Å². The standard InChI is InChI=1S/C15H17N3OS/c16-15-17-12-8-9-18(10-13(12)20-15)14(19)7-6-11-4-2-1-3-5-11/h1-5H,6-10H2,(H2,16,17). The Morgan fingerprint density at radius 3 is 2.95 bits per heavy atom. The van der Waals surface area contributed by atoms with E-state index in [0.717, 1.165) is 30.0 Å². The Hall–Kier alpha value is -1.88. The lowest BCUT2D eigenvalue weighted by molar-refractivity contribution is -0.132. The second-order valence-corrected chi connectivity index (χ2v) is 6.09. The molecular weight excluding hydrogens is 270 g/mol. The number of nitrogen functional groups attached to an aromatic ring is 1. The van der Waals surface area contributed by atoms with Gasteiger partial charge in [-0.05, 0) is 12.0 Å². The highest BCUT2D eigenvalue weighted by molar-refractivity contribution is 7.15. The van der Waals surface area contributed by atoms with Gasteiger partial charge in [0, 0.05) is 24.3 Å². The normalized spacial score (nSPS) is 14.1. The van der Waals surface area contributed by atoms with Crippen molar-refractivity contribution in [1.82, 2.24) is 9.88 Å². The van der Waals surface area contributed by atoms with E-state index in [0.29, 0.717) is 18.1 Å². The quantitative estimate of drug-likeness (QED) is 0.942. The number of carbonyl (C=O) groups is 1. The van der Waals surface area contributed by atoms with Crippen LogP contribution in [0.5, 0.6) is 0 Å². The maximum Gasteiger partial charge on any atom is 0.223 e. The minimum absolute atomic E-state index is 0.214. The molecule has 0 bridgehead atoms. The van der Waals surface area contributed by atoms with E-state index < -0.39 is 0 Å². The van der Waals surface area contributed by atoms with Crippen LogP contribution in [0.25, 0.3) is 0 Å². The van der Waals surface area contributed by atoms with Crippen molar-refractivity contribution in [3.8, 4) is 0 Å². The van der Waals surface area contributed by atoms with Gasteiger partial charge in [-0.3, -0.25) is 4.79 Å². The predicted octanol–water partition coefficient (Wildman–Crippen LogP) is 2.24. The van der Waals surface area contributed by atoms with Gasteiger partial charge >= 0.3 is 0 Å². The molecule has 2 heterocycles. The Morgan fingerprint density at radius 2 is 2.15 bits per heavy atom. The molecule has 20 heavy (non-hydrogen) atoms. The number of fused-ring (bicyclic) bond motifs is 1. The third kappa shape index (κ3) is 2.82. The van der Waals surface area contributed by atoms with Gasteiger partial charge in [-0.25, -0.2) is 4.98 Å². The molecule has 0 radical (unpaired) electrons. The Labute approximate surface area is 122 Å². The van der Waals surface area contributed by atoms with E-state index in [-0.39, 0.29) is 5.91 Å². The van der Waals surface area contributed by atoms with Crippen LogP contribution in [0.1, 0.15) is 22.6 Å². The number of nitrogens with zero attached hydrogens (tertiary/aromatic N) is 2. The smallest absolute Gasteiger partial charge is 0.223 e. The van der Waals surface area contributed by atoms with E-state index in [9.17, 15) is 4.79 Å². The molecule has 1 aromatic carbocycles. The molecule has 0 saturated heterocycles. The second-order valence-electron chi connectivity index (χ2n) is 4.97. The van der Waals surface area contributed by atoms with Gasteiger partial charge in [0.2, 0.25) is 5.91 Å². The fraction of sp³-hybridized carbons (Fsp3) is 0.333. The maximum absolute atomic E-state index is 12.3. The number of aryl methyl sites for hydroxylation is 1. The van der Waals surface area contributed by atoms with Crippen LogP contribution < -0.4 is 5.73 Å². The van der Waals surface area contributed by atoms with Gasteiger partial charge in [0.1, 0.15) is 0 Å². The third-order valence-electron chi connectivity index (χ3n) is 3.57. The average Bonchev–Trinajstić information content (AvgIpc) is 2.85. The number of nitrogens with two attached hydrogens (primary N) is 1. The number of hydrogen-bond donors (Lipinski definition) is 1. The summed E-state index contributed by atoms with van der Waals surface area (Å²) in [5.74, 6) is 0.214. The van der Waals surface area contributed by atoms with E-state index in [1.165, 1.54) is 16.9 Å². The first-order valence-corrected chi connectivity index (χ1v) is 7.60. The van der Waals surface area contributed by atoms with Gasteiger partial charge in [0.15, 0.2) is 5.13 Å². The Morgan fingerprint density at radius 1 is 1.35 bits per heavy atom. The van der Waals surface area contributed by atoms with Crippen molar-refractivity contribution in [2.24, 2.45) is 0 Å². The molecule has 4 nitrogen and oxygen atoms in total. The molecule has 3 rings (SSSR count). The van der Waals surface area contributed by atoms with Crippen molar-refractivity contribution >= 4 is 22.4 Å². The number of benzene rings is 1. The van der Waals surface area contributed by atoms with Crippen molar-refractivity contribution in [3.63, 3.8) is 0 Å². The summed E-state index contributed by atoms with van der Waals surface area (Å²) in [6, 6.07) is 10.1. The summed E-state index contributed by atoms with van der Waals surface area (Å²) in [4.78, 5) is 19.6. The van der Waals surface area contributed by atoms with Crippen LogP contribution in [0, 0.1) is 0 Å². The fourth-order valence-corrected chi connectivity index (χ4v) is 3.38. The Kier molecular flexibility index (Phi) is 3.69. The summed E-state index contributed by atoms with van der Waals surface area (Å²) < 4.78 is 0. The predicted molar refractivity (Wildman–Crippen MR) is 80.4 cm³/mol. The van der Waals surface area contributed by atoms with Crippen molar-refractivity contribution in [3.05, 3.63) is 46.5 Å². The van der Waals surface area contributed by atoms with E-state index in [1.54, 1.807) is 0 Å². The largest absolute Gasteiger partial charge is 0.375 e. The number of anilines is 1. The molecular formula is C15H17N3OS. The van der Waals surface area contributed by atoms with Gasteiger partial charge in [0.25, 0.3) is 0 Å². The van der Waals surface area contributed by atoms with Crippen molar-refractivity contribution in [1.29, 1.82) is 0 Å². The van der Waals surface area contributed by atoms with Gasteiger partial charge in [-0.15, -0.1) is 11.3 Å². The van der Waals surface area contributed by atoms with E-state index in [1.807, 2.05) is 23.1 Å². The summed E-state index contributed by atoms with van der Waals surface area (Å²) in [6.45, 7) is 1.42. The number of amides is 1. The molecule has 1 aromatic heterocycles. The van der Waals surface area contributed by atoms with Crippen molar-refractivity contribution in [2.75, 3.05) is 12.3 Å². The van der Waals surface area contributed by atoms with Crippen LogP contribution in [0.3, 0.4) is 0 Å².